The van der Waals surface area contributed by atoms with E-state index >= 15 is 0 Å². The molecule has 0 spiro atoms. The van der Waals surface area contributed by atoms with Crippen LogP contribution >= 0.6 is 0 Å². The molecule has 0 aromatic carbocycles. The van der Waals surface area contributed by atoms with Gasteiger partial charge in [-0.3, -0.25) is 0 Å². The predicted molar refractivity (Wildman–Crippen MR) is 38.1 cm³/mol. The summed E-state index contributed by atoms with van der Waals surface area (Å²) >= 11 is 0. The van der Waals surface area contributed by atoms with E-state index in [9.17, 15) is 0 Å². The van der Waals surface area contributed by atoms with Gasteiger partial charge in [0.25, 0.3) is 0 Å². The number of hydrogen-bond donors (Lipinski definition) is 0. The van der Waals surface area contributed by atoms with Gasteiger partial charge in [0.15, 0.2) is 0 Å². The number of rotatable bonds is 2. The standard InChI is InChI=1S/C7H9NO/c1-4-6-7(9-3)8-5-2/h1,5-6H,2-3H3/b7-6+,8-5-. The van der Waals surface area contributed by atoms with Gasteiger partial charge in [0.2, 0.25) is 5.88 Å². The fourth-order valence-electron chi connectivity index (χ4n) is 0.347. The molecule has 0 aliphatic rings. The van der Waals surface area contributed by atoms with E-state index in [2.05, 4.69) is 10.9 Å². The van der Waals surface area contributed by atoms with Gasteiger partial charge in [-0.05, 0) is 6.92 Å². The van der Waals surface area contributed by atoms with Crippen molar-refractivity contribution in [3.8, 4) is 12.3 Å². The number of methoxy groups -OCH3 is 1. The van der Waals surface area contributed by atoms with E-state index < -0.39 is 0 Å². The molecule has 2 nitrogen and oxygen atoms in total. The Balaban J connectivity index is 4.02. The highest BCUT2D eigenvalue weighted by molar-refractivity contribution is 5.54. The first kappa shape index (κ1) is 7.77. The minimum atomic E-state index is 0.458. The van der Waals surface area contributed by atoms with Crippen LogP contribution < -0.4 is 0 Å². The molecule has 0 heterocycles. The molecule has 9 heavy (non-hydrogen) atoms. The van der Waals surface area contributed by atoms with Crippen LogP contribution in [0, 0.1) is 12.3 Å². The molecule has 0 saturated heterocycles. The Kier molecular flexibility index (Phi) is 4.25. The Morgan fingerprint density at radius 2 is 2.44 bits per heavy atom. The van der Waals surface area contributed by atoms with Gasteiger partial charge in [-0.25, -0.2) is 4.99 Å². The van der Waals surface area contributed by atoms with Crippen LogP contribution in [0.4, 0.5) is 0 Å². The third kappa shape index (κ3) is 3.36. The Morgan fingerprint density at radius 1 is 1.78 bits per heavy atom. The van der Waals surface area contributed by atoms with Crippen molar-refractivity contribution < 1.29 is 4.74 Å². The summed E-state index contributed by atoms with van der Waals surface area (Å²) in [5.74, 6) is 2.76. The van der Waals surface area contributed by atoms with Gasteiger partial charge in [-0.15, -0.1) is 6.42 Å². The van der Waals surface area contributed by atoms with Crippen molar-refractivity contribution in [1.29, 1.82) is 0 Å². The lowest BCUT2D eigenvalue weighted by Crippen LogP contribution is -1.80. The minimum absolute atomic E-state index is 0.458. The number of hydrogen-bond acceptors (Lipinski definition) is 2. The molecule has 0 rings (SSSR count). The molecule has 0 amide bonds. The number of allylic oxidation sites excluding steroid dienone is 1. The van der Waals surface area contributed by atoms with E-state index in [1.165, 1.54) is 13.2 Å². The van der Waals surface area contributed by atoms with E-state index in [1.807, 2.05) is 0 Å². The molecule has 0 fully saturated rings. The molecule has 0 N–H and O–H groups in total. The van der Waals surface area contributed by atoms with Gasteiger partial charge in [0.1, 0.15) is 0 Å². The zero-order chi connectivity index (χ0) is 7.11. The quantitative estimate of drug-likeness (QED) is 0.307. The normalized spacial score (nSPS) is 11.4. The first-order valence-electron chi connectivity index (χ1n) is 2.54. The maximum atomic E-state index is 4.95. The van der Waals surface area contributed by atoms with Gasteiger partial charge in [-0.1, -0.05) is 5.92 Å². The second-order valence-electron chi connectivity index (χ2n) is 1.24. The number of ether oxygens (including phenoxy) is 1. The summed E-state index contributed by atoms with van der Waals surface area (Å²) in [6.45, 7) is 1.80. The zero-order valence-corrected chi connectivity index (χ0v) is 5.59. The Bertz CT molecular complexity index is 162. The monoisotopic (exact) mass is 123 g/mol. The smallest absolute Gasteiger partial charge is 0.221 e. The van der Waals surface area contributed by atoms with E-state index in [0.717, 1.165) is 0 Å². The summed E-state index contributed by atoms with van der Waals surface area (Å²) in [7, 11) is 1.52. The third-order valence-electron chi connectivity index (χ3n) is 0.672. The van der Waals surface area contributed by atoms with Gasteiger partial charge in [0.05, 0.1) is 13.2 Å². The van der Waals surface area contributed by atoms with E-state index in [0.29, 0.717) is 5.88 Å². The van der Waals surface area contributed by atoms with Gasteiger partial charge in [0, 0.05) is 6.21 Å². The van der Waals surface area contributed by atoms with Crippen LogP contribution in [-0.4, -0.2) is 13.3 Å². The van der Waals surface area contributed by atoms with Gasteiger partial charge >= 0.3 is 0 Å². The molecule has 48 valence electrons. The lowest BCUT2D eigenvalue weighted by molar-refractivity contribution is 0.289. The largest absolute Gasteiger partial charge is 0.481 e. The highest BCUT2D eigenvalue weighted by Crippen LogP contribution is 1.93. The van der Waals surface area contributed by atoms with Crippen LogP contribution in [0.1, 0.15) is 6.92 Å². The first-order chi connectivity index (χ1) is 4.35. The molecule has 0 aliphatic heterocycles. The summed E-state index contributed by atoms with van der Waals surface area (Å²) < 4.78 is 4.75. The zero-order valence-electron chi connectivity index (χ0n) is 5.59. The third-order valence-corrected chi connectivity index (χ3v) is 0.672. The predicted octanol–water partition coefficient (Wildman–Crippen LogP) is 1.20. The fourth-order valence-corrected chi connectivity index (χ4v) is 0.347. The molecule has 0 atom stereocenters. The van der Waals surface area contributed by atoms with Crippen molar-refractivity contribution in [3.05, 3.63) is 12.0 Å². The van der Waals surface area contributed by atoms with Gasteiger partial charge < -0.3 is 4.74 Å². The van der Waals surface area contributed by atoms with Crippen molar-refractivity contribution in [2.45, 2.75) is 6.92 Å². The van der Waals surface area contributed by atoms with E-state index in [4.69, 9.17) is 11.2 Å². The fraction of sp³-hybridized carbons (Fsp3) is 0.286. The highest BCUT2D eigenvalue weighted by Gasteiger charge is 1.83. The second kappa shape index (κ2) is 4.92. The summed E-state index contributed by atoms with van der Waals surface area (Å²) in [4.78, 5) is 3.80. The molecular weight excluding hydrogens is 114 g/mol. The SMILES string of the molecule is C#C/C=C(\N=C/C)OC. The van der Waals surface area contributed by atoms with Crippen molar-refractivity contribution in [2.24, 2.45) is 4.99 Å². The molecule has 0 saturated carbocycles. The Morgan fingerprint density at radius 3 is 2.78 bits per heavy atom. The van der Waals surface area contributed by atoms with Crippen LogP contribution in [0.3, 0.4) is 0 Å². The van der Waals surface area contributed by atoms with E-state index in [-0.39, 0.29) is 0 Å². The molecule has 0 bridgehead atoms. The van der Waals surface area contributed by atoms with Crippen LogP contribution in [0.5, 0.6) is 0 Å². The number of terminal acetylenes is 1. The van der Waals surface area contributed by atoms with Crippen LogP contribution in [0.15, 0.2) is 17.0 Å². The van der Waals surface area contributed by atoms with Crippen LogP contribution in [0.2, 0.25) is 0 Å². The van der Waals surface area contributed by atoms with Gasteiger partial charge in [-0.2, -0.15) is 0 Å². The molecular formula is C7H9NO. The maximum absolute atomic E-state index is 4.95. The lowest BCUT2D eigenvalue weighted by Gasteiger charge is -1.93. The maximum Gasteiger partial charge on any atom is 0.221 e. The lowest BCUT2D eigenvalue weighted by atomic mass is 10.6. The van der Waals surface area contributed by atoms with E-state index in [1.54, 1.807) is 13.1 Å². The Hall–Kier alpha value is -1.23. The molecule has 0 aromatic rings. The molecule has 2 heteroatoms. The number of nitrogens with zero attached hydrogens (tertiary/aromatic N) is 1. The molecule has 0 unspecified atom stereocenters. The molecule has 0 aromatic heterocycles. The second-order valence-corrected chi connectivity index (χ2v) is 1.24. The molecule has 0 aliphatic carbocycles. The van der Waals surface area contributed by atoms with Crippen LogP contribution in [-0.2, 0) is 4.74 Å². The van der Waals surface area contributed by atoms with Crippen LogP contribution in [0.25, 0.3) is 0 Å². The van der Waals surface area contributed by atoms with Crippen molar-refractivity contribution in [2.75, 3.05) is 7.11 Å². The van der Waals surface area contributed by atoms with Crippen molar-refractivity contribution in [3.63, 3.8) is 0 Å². The average Bonchev–Trinajstić information content (AvgIpc) is 1.88. The Labute approximate surface area is 55.2 Å². The van der Waals surface area contributed by atoms with Crippen molar-refractivity contribution >= 4 is 6.21 Å². The highest BCUT2D eigenvalue weighted by atomic mass is 16.5. The summed E-state index contributed by atoms with van der Waals surface area (Å²) in [5.41, 5.74) is 0. The molecule has 0 radical (unpaired) electrons. The summed E-state index contributed by atoms with van der Waals surface area (Å²) in [5, 5.41) is 0. The minimum Gasteiger partial charge on any atom is -0.481 e. The summed E-state index contributed by atoms with van der Waals surface area (Å²) in [6, 6.07) is 0. The average molecular weight is 123 g/mol. The number of aliphatic imine (C=N–C) groups is 1. The summed E-state index contributed by atoms with van der Waals surface area (Å²) in [6.07, 6.45) is 8.03. The topological polar surface area (TPSA) is 21.6 Å². The first-order valence-corrected chi connectivity index (χ1v) is 2.54. The van der Waals surface area contributed by atoms with Crippen molar-refractivity contribution in [1.82, 2.24) is 0 Å².